The molecule has 27 heavy (non-hydrogen) atoms. The van der Waals surface area contributed by atoms with E-state index in [9.17, 15) is 9.59 Å². The molecule has 0 saturated heterocycles. The van der Waals surface area contributed by atoms with Gasteiger partial charge in [0.1, 0.15) is 0 Å². The Morgan fingerprint density at radius 1 is 1.15 bits per heavy atom. The van der Waals surface area contributed by atoms with Gasteiger partial charge in [0.15, 0.2) is 6.61 Å². The molecule has 0 aliphatic rings. The number of thioether (sulfide) groups is 1. The monoisotopic (exact) mass is 469 g/mol. The van der Waals surface area contributed by atoms with Gasteiger partial charge < -0.3 is 10.1 Å². The summed E-state index contributed by atoms with van der Waals surface area (Å²) >= 11 is 10.7. The quantitative estimate of drug-likeness (QED) is 0.448. The van der Waals surface area contributed by atoms with Gasteiger partial charge in [0.25, 0.3) is 5.91 Å². The first-order valence-corrected chi connectivity index (χ1v) is 10.6. The van der Waals surface area contributed by atoms with Crippen LogP contribution in [0.1, 0.15) is 16.7 Å². The van der Waals surface area contributed by atoms with Crippen LogP contribution in [0.25, 0.3) is 0 Å². The maximum absolute atomic E-state index is 11.9. The maximum atomic E-state index is 11.9. The van der Waals surface area contributed by atoms with Crippen LogP contribution in [0, 0.1) is 13.8 Å². The molecule has 2 aromatic carbocycles. The fraction of sp³-hybridized carbons (Fsp3) is 0.300. The summed E-state index contributed by atoms with van der Waals surface area (Å²) in [6, 6.07) is 11.5. The molecule has 2 rings (SSSR count). The number of esters is 1. The molecule has 144 valence electrons. The smallest absolute Gasteiger partial charge is 0.316 e. The lowest BCUT2D eigenvalue weighted by molar-refractivity contribution is -0.145. The number of hydrogen-bond acceptors (Lipinski definition) is 4. The Balaban J connectivity index is 1.66. The Bertz CT molecular complexity index is 812. The number of rotatable bonds is 8. The largest absolute Gasteiger partial charge is 0.455 e. The van der Waals surface area contributed by atoms with Crippen molar-refractivity contribution in [1.29, 1.82) is 0 Å². The van der Waals surface area contributed by atoms with Crippen LogP contribution in [0.5, 0.6) is 0 Å². The number of hydrogen-bond donors (Lipinski definition) is 1. The van der Waals surface area contributed by atoms with E-state index in [1.807, 2.05) is 50.2 Å². The molecule has 0 aliphatic carbocycles. The van der Waals surface area contributed by atoms with Crippen molar-refractivity contribution in [3.63, 3.8) is 0 Å². The SMILES string of the molecule is Cc1cc(SCC(=O)OCC(=O)NCCc2ccc(Cl)cc2)c(C)cc1Br. The third-order valence-corrected chi connectivity index (χ3v) is 6.05. The summed E-state index contributed by atoms with van der Waals surface area (Å²) in [6.07, 6.45) is 0.689. The molecule has 0 radical (unpaired) electrons. The van der Waals surface area contributed by atoms with Gasteiger partial charge in [0.2, 0.25) is 0 Å². The number of carbonyl (C=O) groups is 2. The predicted molar refractivity (Wildman–Crippen MR) is 113 cm³/mol. The van der Waals surface area contributed by atoms with E-state index in [1.165, 1.54) is 11.8 Å². The number of benzene rings is 2. The zero-order valence-corrected chi connectivity index (χ0v) is 18.3. The van der Waals surface area contributed by atoms with Crippen LogP contribution in [0.3, 0.4) is 0 Å². The van der Waals surface area contributed by atoms with Crippen molar-refractivity contribution in [1.82, 2.24) is 5.32 Å². The van der Waals surface area contributed by atoms with Gasteiger partial charge >= 0.3 is 5.97 Å². The van der Waals surface area contributed by atoms with E-state index in [2.05, 4.69) is 21.2 Å². The Labute approximate surface area is 177 Å². The number of halogens is 2. The number of ether oxygens (including phenoxy) is 1. The number of carbonyl (C=O) groups excluding carboxylic acids is 2. The van der Waals surface area contributed by atoms with E-state index < -0.39 is 5.97 Å². The van der Waals surface area contributed by atoms with Crippen molar-refractivity contribution in [2.75, 3.05) is 18.9 Å². The third kappa shape index (κ3) is 7.56. The van der Waals surface area contributed by atoms with E-state index in [0.29, 0.717) is 18.0 Å². The molecule has 1 N–H and O–H groups in total. The van der Waals surface area contributed by atoms with Crippen molar-refractivity contribution in [3.05, 3.63) is 62.6 Å². The molecule has 0 aliphatic heterocycles. The summed E-state index contributed by atoms with van der Waals surface area (Å²) in [5, 5.41) is 3.42. The molecule has 1 amide bonds. The Morgan fingerprint density at radius 2 is 1.85 bits per heavy atom. The summed E-state index contributed by atoms with van der Waals surface area (Å²) in [5.41, 5.74) is 3.27. The topological polar surface area (TPSA) is 55.4 Å². The van der Waals surface area contributed by atoms with Crippen molar-refractivity contribution >= 4 is 51.2 Å². The van der Waals surface area contributed by atoms with Gasteiger partial charge in [-0.1, -0.05) is 39.7 Å². The fourth-order valence-corrected chi connectivity index (χ4v) is 3.77. The normalized spacial score (nSPS) is 10.5. The molecule has 0 spiro atoms. The van der Waals surface area contributed by atoms with E-state index in [1.54, 1.807) is 0 Å². The van der Waals surface area contributed by atoms with E-state index >= 15 is 0 Å². The third-order valence-electron chi connectivity index (χ3n) is 3.82. The van der Waals surface area contributed by atoms with E-state index in [-0.39, 0.29) is 18.3 Å². The van der Waals surface area contributed by atoms with Crippen LogP contribution in [-0.2, 0) is 20.7 Å². The summed E-state index contributed by atoms with van der Waals surface area (Å²) in [6.45, 7) is 4.20. The predicted octanol–water partition coefficient (Wildman–Crippen LogP) is 4.71. The van der Waals surface area contributed by atoms with Crippen LogP contribution >= 0.6 is 39.3 Å². The highest BCUT2D eigenvalue weighted by atomic mass is 79.9. The highest BCUT2D eigenvalue weighted by molar-refractivity contribution is 9.10. The lowest BCUT2D eigenvalue weighted by Gasteiger charge is -2.09. The molecule has 0 unspecified atom stereocenters. The van der Waals surface area contributed by atoms with Gasteiger partial charge in [-0.3, -0.25) is 9.59 Å². The molecule has 0 fully saturated rings. The molecular weight excluding hydrogens is 450 g/mol. The Hall–Kier alpha value is -1.50. The van der Waals surface area contributed by atoms with Gasteiger partial charge in [-0.05, 0) is 61.2 Å². The van der Waals surface area contributed by atoms with Gasteiger partial charge in [-0.15, -0.1) is 11.8 Å². The minimum atomic E-state index is -0.409. The molecule has 4 nitrogen and oxygen atoms in total. The van der Waals surface area contributed by atoms with Crippen LogP contribution < -0.4 is 5.32 Å². The van der Waals surface area contributed by atoms with Crippen LogP contribution in [0.15, 0.2) is 45.8 Å². The van der Waals surface area contributed by atoms with Crippen molar-refractivity contribution in [2.24, 2.45) is 0 Å². The van der Waals surface area contributed by atoms with Crippen molar-refractivity contribution < 1.29 is 14.3 Å². The summed E-state index contributed by atoms with van der Waals surface area (Å²) < 4.78 is 6.08. The van der Waals surface area contributed by atoms with E-state index in [0.717, 1.165) is 26.1 Å². The van der Waals surface area contributed by atoms with Gasteiger partial charge in [0, 0.05) is 20.9 Å². The molecular formula is C20H21BrClNO3S. The second-order valence-corrected chi connectivity index (χ2v) is 8.35. The number of nitrogens with one attached hydrogen (secondary N) is 1. The first-order valence-electron chi connectivity index (χ1n) is 8.41. The van der Waals surface area contributed by atoms with Crippen molar-refractivity contribution in [3.8, 4) is 0 Å². The van der Waals surface area contributed by atoms with Gasteiger partial charge in [0.05, 0.1) is 5.75 Å². The van der Waals surface area contributed by atoms with Crippen LogP contribution in [-0.4, -0.2) is 30.8 Å². The molecule has 0 aromatic heterocycles. The second kappa shape index (κ2) is 10.7. The Morgan fingerprint density at radius 3 is 2.56 bits per heavy atom. The fourth-order valence-electron chi connectivity index (χ4n) is 2.28. The average molecular weight is 471 g/mol. The lowest BCUT2D eigenvalue weighted by Crippen LogP contribution is -2.30. The van der Waals surface area contributed by atoms with E-state index in [4.69, 9.17) is 16.3 Å². The molecule has 2 aromatic rings. The zero-order valence-electron chi connectivity index (χ0n) is 15.2. The highest BCUT2D eigenvalue weighted by Crippen LogP contribution is 2.28. The highest BCUT2D eigenvalue weighted by Gasteiger charge is 2.10. The minimum Gasteiger partial charge on any atom is -0.455 e. The summed E-state index contributed by atoms with van der Waals surface area (Å²) in [5.74, 6) is -0.550. The standard InChI is InChI=1S/C20H21BrClNO3S/c1-13-10-18(14(2)9-17(13)21)27-12-20(25)26-11-19(24)23-8-7-15-3-5-16(22)6-4-15/h3-6,9-10H,7-8,11-12H2,1-2H3,(H,23,24). The van der Waals surface area contributed by atoms with Gasteiger partial charge in [-0.25, -0.2) is 0 Å². The Kier molecular flexibility index (Phi) is 8.67. The molecule has 0 atom stereocenters. The summed E-state index contributed by atoms with van der Waals surface area (Å²) in [7, 11) is 0. The minimum absolute atomic E-state index is 0.167. The number of amides is 1. The van der Waals surface area contributed by atoms with Crippen LogP contribution in [0.4, 0.5) is 0 Å². The molecule has 7 heteroatoms. The average Bonchev–Trinajstić information content (AvgIpc) is 2.63. The summed E-state index contributed by atoms with van der Waals surface area (Å²) in [4.78, 5) is 24.7. The lowest BCUT2D eigenvalue weighted by atomic mass is 10.1. The maximum Gasteiger partial charge on any atom is 0.316 e. The zero-order chi connectivity index (χ0) is 19.8. The first-order chi connectivity index (χ1) is 12.8. The van der Waals surface area contributed by atoms with Gasteiger partial charge in [-0.2, -0.15) is 0 Å². The van der Waals surface area contributed by atoms with Crippen molar-refractivity contribution in [2.45, 2.75) is 25.2 Å². The first kappa shape index (κ1) is 21.8. The second-order valence-electron chi connectivity index (χ2n) is 6.04. The van der Waals surface area contributed by atoms with Crippen LogP contribution in [0.2, 0.25) is 5.02 Å². The molecule has 0 heterocycles. The number of aryl methyl sites for hydroxylation is 2. The molecule has 0 saturated carbocycles. The molecule has 0 bridgehead atoms.